The van der Waals surface area contributed by atoms with Gasteiger partial charge in [0.2, 0.25) is 5.13 Å². The number of benzene rings is 1. The van der Waals surface area contributed by atoms with Gasteiger partial charge in [0.1, 0.15) is 10.2 Å². The minimum atomic E-state index is -0.371. The van der Waals surface area contributed by atoms with Crippen molar-refractivity contribution >= 4 is 45.6 Å². The van der Waals surface area contributed by atoms with Crippen molar-refractivity contribution in [1.29, 1.82) is 0 Å². The molecule has 0 saturated carbocycles. The number of hydrogen-bond donors (Lipinski definition) is 1. The first-order chi connectivity index (χ1) is 11.9. The zero-order valence-corrected chi connectivity index (χ0v) is 15.8. The molecule has 0 aliphatic rings. The molecule has 8 heteroatoms. The van der Waals surface area contributed by atoms with E-state index in [-0.39, 0.29) is 16.1 Å². The van der Waals surface area contributed by atoms with E-state index in [2.05, 4.69) is 46.5 Å². The number of hydrogen-bond acceptors (Lipinski definition) is 5. The van der Waals surface area contributed by atoms with Gasteiger partial charge in [-0.3, -0.25) is 10.1 Å². The molecule has 0 unspecified atom stereocenters. The van der Waals surface area contributed by atoms with Gasteiger partial charge < -0.3 is 0 Å². The van der Waals surface area contributed by atoms with E-state index in [9.17, 15) is 4.79 Å². The maximum absolute atomic E-state index is 12.2. The van der Waals surface area contributed by atoms with Crippen LogP contribution >= 0.6 is 34.5 Å². The van der Waals surface area contributed by atoms with Gasteiger partial charge in [-0.15, -0.1) is 10.2 Å². The summed E-state index contributed by atoms with van der Waals surface area (Å²) in [5.74, 6) is 0.0991. The summed E-state index contributed by atoms with van der Waals surface area (Å²) in [5.41, 5.74) is 2.51. The molecular weight excluding hydrogens is 379 g/mol. The molecule has 128 valence electrons. The van der Waals surface area contributed by atoms with Crippen LogP contribution in [0.4, 0.5) is 5.13 Å². The van der Waals surface area contributed by atoms with Crippen molar-refractivity contribution in [3.63, 3.8) is 0 Å². The molecule has 1 aromatic carbocycles. The fourth-order valence-corrected chi connectivity index (χ4v) is 3.13. The van der Waals surface area contributed by atoms with Crippen LogP contribution < -0.4 is 5.32 Å². The summed E-state index contributed by atoms with van der Waals surface area (Å²) in [6, 6.07) is 9.61. The van der Waals surface area contributed by atoms with Gasteiger partial charge in [0, 0.05) is 11.8 Å². The zero-order chi connectivity index (χ0) is 18.0. The molecule has 3 rings (SSSR count). The second kappa shape index (κ2) is 7.47. The van der Waals surface area contributed by atoms with Crippen LogP contribution in [0, 0.1) is 0 Å². The predicted octanol–water partition coefficient (Wildman–Crippen LogP) is 5.28. The van der Waals surface area contributed by atoms with Gasteiger partial charge in [0.15, 0.2) is 0 Å². The van der Waals surface area contributed by atoms with Gasteiger partial charge in [0.25, 0.3) is 5.91 Å². The van der Waals surface area contributed by atoms with Crippen LogP contribution in [-0.4, -0.2) is 21.1 Å². The summed E-state index contributed by atoms with van der Waals surface area (Å²) in [6.45, 7) is 4.29. The van der Waals surface area contributed by atoms with Gasteiger partial charge in [0.05, 0.1) is 10.6 Å². The first-order valence-electron chi connectivity index (χ1n) is 7.50. The Bertz CT molecular complexity index is 909. The first kappa shape index (κ1) is 17.8. The zero-order valence-electron chi connectivity index (χ0n) is 13.5. The number of carbonyl (C=O) groups is 1. The third kappa shape index (κ3) is 4.15. The van der Waals surface area contributed by atoms with E-state index >= 15 is 0 Å². The maximum atomic E-state index is 12.2. The Morgan fingerprint density at radius 2 is 1.88 bits per heavy atom. The summed E-state index contributed by atoms with van der Waals surface area (Å²) >= 11 is 12.9. The number of halogens is 2. The van der Waals surface area contributed by atoms with Crippen molar-refractivity contribution in [2.45, 2.75) is 19.8 Å². The fraction of sp³-hybridized carbons (Fsp3) is 0.176. The fourth-order valence-electron chi connectivity index (χ4n) is 2.12. The molecule has 0 fully saturated rings. The predicted molar refractivity (Wildman–Crippen MR) is 102 cm³/mol. The number of nitrogens with one attached hydrogen (secondary N) is 1. The van der Waals surface area contributed by atoms with Crippen LogP contribution in [0.2, 0.25) is 10.2 Å². The molecule has 0 bridgehead atoms. The van der Waals surface area contributed by atoms with Gasteiger partial charge >= 0.3 is 0 Å². The third-order valence-corrected chi connectivity index (χ3v) is 5.10. The van der Waals surface area contributed by atoms with Gasteiger partial charge in [-0.05, 0) is 17.5 Å². The van der Waals surface area contributed by atoms with Crippen LogP contribution in [0.5, 0.6) is 0 Å². The van der Waals surface area contributed by atoms with Crippen LogP contribution in [0.1, 0.15) is 35.7 Å². The van der Waals surface area contributed by atoms with Crippen molar-refractivity contribution in [3.05, 3.63) is 57.8 Å². The van der Waals surface area contributed by atoms with E-state index in [0.29, 0.717) is 16.6 Å². The normalized spacial score (nSPS) is 10.9. The third-order valence-electron chi connectivity index (χ3n) is 3.53. The maximum Gasteiger partial charge on any atom is 0.259 e. The van der Waals surface area contributed by atoms with Gasteiger partial charge in [-0.25, -0.2) is 4.98 Å². The van der Waals surface area contributed by atoms with E-state index in [1.165, 1.54) is 29.2 Å². The van der Waals surface area contributed by atoms with Gasteiger partial charge in [-0.1, -0.05) is 72.7 Å². The second-order valence-corrected chi connectivity index (χ2v) is 7.38. The molecule has 5 nitrogen and oxygen atoms in total. The van der Waals surface area contributed by atoms with E-state index in [4.69, 9.17) is 23.2 Å². The molecule has 0 saturated heterocycles. The molecular formula is C17H14Cl2N4OS. The number of anilines is 1. The molecule has 2 aromatic heterocycles. The molecule has 1 amide bonds. The highest BCUT2D eigenvalue weighted by Crippen LogP contribution is 2.28. The van der Waals surface area contributed by atoms with Crippen molar-refractivity contribution in [1.82, 2.24) is 15.2 Å². The summed E-state index contributed by atoms with van der Waals surface area (Å²) in [6.07, 6.45) is 1.36. The van der Waals surface area contributed by atoms with E-state index in [0.717, 1.165) is 10.6 Å². The Labute approximate surface area is 159 Å². The Morgan fingerprint density at radius 3 is 2.52 bits per heavy atom. The lowest BCUT2D eigenvalue weighted by molar-refractivity contribution is 0.102. The minimum absolute atomic E-state index is 0.154. The van der Waals surface area contributed by atoms with E-state index < -0.39 is 0 Å². The summed E-state index contributed by atoms with van der Waals surface area (Å²) in [5, 5.41) is 12.3. The SMILES string of the molecule is CC(C)c1ccc(-c2nnc(NC(=O)c3cnc(Cl)c(Cl)c3)s2)cc1. The molecule has 25 heavy (non-hydrogen) atoms. The highest BCUT2D eigenvalue weighted by molar-refractivity contribution is 7.18. The van der Waals surface area contributed by atoms with Crippen molar-refractivity contribution in [2.24, 2.45) is 0 Å². The van der Waals surface area contributed by atoms with Crippen molar-refractivity contribution < 1.29 is 4.79 Å². The van der Waals surface area contributed by atoms with Crippen LogP contribution in [0.3, 0.4) is 0 Å². The van der Waals surface area contributed by atoms with Gasteiger partial charge in [-0.2, -0.15) is 0 Å². The monoisotopic (exact) mass is 392 g/mol. The lowest BCUT2D eigenvalue weighted by Gasteiger charge is -2.04. The Hall–Kier alpha value is -2.02. The molecule has 0 atom stereocenters. The lowest BCUT2D eigenvalue weighted by atomic mass is 10.0. The summed E-state index contributed by atoms with van der Waals surface area (Å²) in [4.78, 5) is 16.1. The highest BCUT2D eigenvalue weighted by Gasteiger charge is 2.13. The van der Waals surface area contributed by atoms with Crippen LogP contribution in [-0.2, 0) is 0 Å². The largest absolute Gasteiger partial charge is 0.296 e. The number of rotatable bonds is 4. The quantitative estimate of drug-likeness (QED) is 0.612. The Morgan fingerprint density at radius 1 is 1.16 bits per heavy atom. The highest BCUT2D eigenvalue weighted by atomic mass is 35.5. The lowest BCUT2D eigenvalue weighted by Crippen LogP contribution is -2.12. The molecule has 3 aromatic rings. The second-order valence-electron chi connectivity index (χ2n) is 5.64. The molecule has 2 heterocycles. The average molecular weight is 393 g/mol. The number of aromatic nitrogens is 3. The molecule has 0 radical (unpaired) electrons. The standard InChI is InChI=1S/C17H14Cl2N4OS/c1-9(2)10-3-5-11(6-4-10)16-22-23-17(25-16)21-15(24)12-7-13(18)14(19)20-8-12/h3-9H,1-2H3,(H,21,23,24). The van der Waals surface area contributed by atoms with Crippen LogP contribution in [0.15, 0.2) is 36.5 Å². The topological polar surface area (TPSA) is 67.8 Å². The number of carbonyl (C=O) groups excluding carboxylic acids is 1. The molecule has 1 N–H and O–H groups in total. The Kier molecular flexibility index (Phi) is 5.32. The number of pyridine rings is 1. The molecule has 0 aliphatic carbocycles. The number of nitrogens with zero attached hydrogens (tertiary/aromatic N) is 3. The molecule has 0 aliphatic heterocycles. The molecule has 0 spiro atoms. The van der Waals surface area contributed by atoms with Crippen molar-refractivity contribution in [2.75, 3.05) is 5.32 Å². The number of amides is 1. The smallest absolute Gasteiger partial charge is 0.259 e. The summed E-state index contributed by atoms with van der Waals surface area (Å²) in [7, 11) is 0. The average Bonchev–Trinajstić information content (AvgIpc) is 3.05. The van der Waals surface area contributed by atoms with Crippen LogP contribution in [0.25, 0.3) is 10.6 Å². The van der Waals surface area contributed by atoms with E-state index in [1.807, 2.05) is 12.1 Å². The van der Waals surface area contributed by atoms with E-state index in [1.54, 1.807) is 0 Å². The Balaban J connectivity index is 1.74. The summed E-state index contributed by atoms with van der Waals surface area (Å²) < 4.78 is 0. The minimum Gasteiger partial charge on any atom is -0.296 e. The first-order valence-corrected chi connectivity index (χ1v) is 9.07. The van der Waals surface area contributed by atoms with Crippen molar-refractivity contribution in [3.8, 4) is 10.6 Å².